The maximum atomic E-state index is 12.5. The molecule has 0 aromatic carbocycles. The lowest BCUT2D eigenvalue weighted by molar-refractivity contribution is 0.140. The predicted octanol–water partition coefficient (Wildman–Crippen LogP) is 1.53. The van der Waals surface area contributed by atoms with Crippen molar-refractivity contribution < 1.29 is 23.4 Å². The van der Waals surface area contributed by atoms with Gasteiger partial charge in [0.05, 0.1) is 20.8 Å². The second kappa shape index (κ2) is 4.88. The Morgan fingerprint density at radius 1 is 1.33 bits per heavy atom. The lowest BCUT2D eigenvalue weighted by Crippen LogP contribution is -2.03. The summed E-state index contributed by atoms with van der Waals surface area (Å²) in [6.45, 7) is -0.465. The Kier molecular flexibility index (Phi) is 3.79. The van der Waals surface area contributed by atoms with E-state index in [1.165, 1.54) is 20.3 Å². The first-order chi connectivity index (χ1) is 7.13. The minimum atomic E-state index is -2.75. The van der Waals surface area contributed by atoms with E-state index in [2.05, 4.69) is 4.98 Å². The molecule has 0 spiro atoms. The Labute approximate surface area is 85.5 Å². The Balaban J connectivity index is 3.27. The number of aliphatic hydroxyl groups is 1. The number of pyridine rings is 1. The number of methoxy groups -OCH3 is 2. The van der Waals surface area contributed by atoms with E-state index < -0.39 is 18.7 Å². The number of hydrogen-bond acceptors (Lipinski definition) is 4. The molecule has 1 heterocycles. The normalized spacial score (nSPS) is 10.5. The third-order valence-corrected chi connectivity index (χ3v) is 1.85. The molecule has 4 nitrogen and oxygen atoms in total. The number of halogens is 2. The van der Waals surface area contributed by atoms with Gasteiger partial charge in [-0.25, -0.2) is 13.8 Å². The van der Waals surface area contributed by atoms with E-state index in [0.717, 1.165) is 0 Å². The van der Waals surface area contributed by atoms with Gasteiger partial charge in [-0.05, 0) is 0 Å². The van der Waals surface area contributed by atoms with Crippen molar-refractivity contribution in [2.45, 2.75) is 13.0 Å². The molecule has 84 valence electrons. The highest BCUT2D eigenvalue weighted by Crippen LogP contribution is 2.32. The molecule has 15 heavy (non-hydrogen) atoms. The fourth-order valence-corrected chi connectivity index (χ4v) is 1.14. The number of hydrogen-bond donors (Lipinski definition) is 1. The summed E-state index contributed by atoms with van der Waals surface area (Å²) in [5.74, 6) is 0.165. The maximum absolute atomic E-state index is 12.5. The van der Waals surface area contributed by atoms with Crippen LogP contribution in [0.4, 0.5) is 8.78 Å². The Morgan fingerprint density at radius 2 is 1.93 bits per heavy atom. The quantitative estimate of drug-likeness (QED) is 0.834. The second-order valence-corrected chi connectivity index (χ2v) is 2.68. The van der Waals surface area contributed by atoms with Gasteiger partial charge in [0.1, 0.15) is 22.9 Å². The number of aromatic nitrogens is 1. The first-order valence-corrected chi connectivity index (χ1v) is 4.14. The molecule has 0 unspecified atom stereocenters. The van der Waals surface area contributed by atoms with E-state index in [1.807, 2.05) is 0 Å². The topological polar surface area (TPSA) is 51.6 Å². The molecule has 0 aliphatic heterocycles. The molecule has 0 bridgehead atoms. The first kappa shape index (κ1) is 11.6. The zero-order valence-electron chi connectivity index (χ0n) is 8.33. The molecule has 0 aliphatic rings. The highest BCUT2D eigenvalue weighted by Gasteiger charge is 2.19. The van der Waals surface area contributed by atoms with Crippen molar-refractivity contribution in [2.75, 3.05) is 14.2 Å². The van der Waals surface area contributed by atoms with Crippen molar-refractivity contribution in [1.82, 2.24) is 4.98 Å². The Bertz CT molecular complexity index is 344. The average molecular weight is 219 g/mol. The zero-order valence-corrected chi connectivity index (χ0v) is 8.33. The van der Waals surface area contributed by atoms with Crippen LogP contribution in [0.3, 0.4) is 0 Å². The van der Waals surface area contributed by atoms with Gasteiger partial charge in [-0.1, -0.05) is 0 Å². The number of aliphatic hydroxyl groups excluding tert-OH is 1. The largest absolute Gasteiger partial charge is 0.495 e. The van der Waals surface area contributed by atoms with Crippen molar-refractivity contribution in [3.8, 4) is 11.5 Å². The van der Waals surface area contributed by atoms with Crippen molar-refractivity contribution in [3.05, 3.63) is 17.5 Å². The zero-order chi connectivity index (χ0) is 11.4. The van der Waals surface area contributed by atoms with Gasteiger partial charge in [0, 0.05) is 6.07 Å². The Hall–Kier alpha value is -1.43. The molecule has 0 atom stereocenters. The van der Waals surface area contributed by atoms with E-state index in [1.54, 1.807) is 0 Å². The summed E-state index contributed by atoms with van der Waals surface area (Å²) < 4.78 is 34.6. The maximum Gasteiger partial charge on any atom is 0.284 e. The monoisotopic (exact) mass is 219 g/mol. The van der Waals surface area contributed by atoms with Crippen LogP contribution in [0.1, 0.15) is 17.8 Å². The molecule has 1 N–H and O–H groups in total. The van der Waals surface area contributed by atoms with Gasteiger partial charge in [-0.3, -0.25) is 0 Å². The minimum Gasteiger partial charge on any atom is -0.495 e. The van der Waals surface area contributed by atoms with Crippen LogP contribution in [0.25, 0.3) is 0 Å². The van der Waals surface area contributed by atoms with Crippen LogP contribution in [-0.4, -0.2) is 24.3 Å². The van der Waals surface area contributed by atoms with E-state index in [0.29, 0.717) is 0 Å². The fraction of sp³-hybridized carbons (Fsp3) is 0.444. The summed E-state index contributed by atoms with van der Waals surface area (Å²) in [5, 5.41) is 8.89. The summed E-state index contributed by atoms with van der Waals surface area (Å²) >= 11 is 0. The van der Waals surface area contributed by atoms with Gasteiger partial charge < -0.3 is 14.6 Å². The van der Waals surface area contributed by atoms with Gasteiger partial charge in [-0.2, -0.15) is 0 Å². The van der Waals surface area contributed by atoms with Crippen LogP contribution in [0, 0.1) is 0 Å². The number of alkyl halides is 2. The summed E-state index contributed by atoms with van der Waals surface area (Å²) in [6.07, 6.45) is -2.75. The lowest BCUT2D eigenvalue weighted by atomic mass is 10.2. The van der Waals surface area contributed by atoms with Crippen LogP contribution in [-0.2, 0) is 6.61 Å². The van der Waals surface area contributed by atoms with Gasteiger partial charge in [0.15, 0.2) is 0 Å². The molecule has 0 aliphatic carbocycles. The third kappa shape index (κ3) is 2.33. The van der Waals surface area contributed by atoms with Crippen molar-refractivity contribution in [3.63, 3.8) is 0 Å². The van der Waals surface area contributed by atoms with Crippen molar-refractivity contribution >= 4 is 0 Å². The average Bonchev–Trinajstić information content (AvgIpc) is 2.26. The highest BCUT2D eigenvalue weighted by molar-refractivity contribution is 5.40. The summed E-state index contributed by atoms with van der Waals surface area (Å²) in [7, 11) is 2.62. The molecule has 0 fully saturated rings. The van der Waals surface area contributed by atoms with Crippen LogP contribution in [0.2, 0.25) is 0 Å². The molecule has 0 amide bonds. The van der Waals surface area contributed by atoms with E-state index in [4.69, 9.17) is 14.6 Å². The summed E-state index contributed by atoms with van der Waals surface area (Å²) in [5.41, 5.74) is -0.434. The number of ether oxygens (including phenoxy) is 2. The molecule has 0 saturated carbocycles. The highest BCUT2D eigenvalue weighted by atomic mass is 19.3. The van der Waals surface area contributed by atoms with Crippen molar-refractivity contribution in [2.24, 2.45) is 0 Å². The predicted molar refractivity (Wildman–Crippen MR) is 48.2 cm³/mol. The van der Waals surface area contributed by atoms with Gasteiger partial charge in [-0.15, -0.1) is 0 Å². The van der Waals surface area contributed by atoms with E-state index >= 15 is 0 Å². The van der Waals surface area contributed by atoms with Crippen LogP contribution < -0.4 is 9.47 Å². The second-order valence-electron chi connectivity index (χ2n) is 2.68. The molecule has 1 aromatic rings. The molecule has 0 saturated heterocycles. The molecule has 1 aromatic heterocycles. The van der Waals surface area contributed by atoms with E-state index in [9.17, 15) is 8.78 Å². The molecule has 6 heteroatoms. The molecular weight excluding hydrogens is 208 g/mol. The fourth-order valence-electron chi connectivity index (χ4n) is 1.14. The summed E-state index contributed by atoms with van der Waals surface area (Å²) in [4.78, 5) is 3.58. The summed E-state index contributed by atoms with van der Waals surface area (Å²) in [6, 6.07) is 1.28. The Morgan fingerprint density at radius 3 is 2.33 bits per heavy atom. The van der Waals surface area contributed by atoms with Crippen LogP contribution in [0.5, 0.6) is 11.5 Å². The smallest absolute Gasteiger partial charge is 0.284 e. The lowest BCUT2D eigenvalue weighted by Gasteiger charge is -2.11. The molecule has 1 rings (SSSR count). The van der Waals surface area contributed by atoms with E-state index in [-0.39, 0.29) is 17.2 Å². The van der Waals surface area contributed by atoms with Gasteiger partial charge in [0.2, 0.25) is 0 Å². The number of nitrogens with zero attached hydrogens (tertiary/aromatic N) is 1. The molecule has 0 radical (unpaired) electrons. The minimum absolute atomic E-state index is 0.0564. The first-order valence-electron chi connectivity index (χ1n) is 4.14. The SMILES string of the molecule is COc1cc(OC)c(C(F)F)nc1CO. The van der Waals surface area contributed by atoms with Crippen molar-refractivity contribution in [1.29, 1.82) is 0 Å². The number of rotatable bonds is 4. The van der Waals surface area contributed by atoms with Crippen LogP contribution >= 0.6 is 0 Å². The van der Waals surface area contributed by atoms with Gasteiger partial charge in [0.25, 0.3) is 6.43 Å². The molecular formula is C9H11F2NO3. The van der Waals surface area contributed by atoms with Crippen LogP contribution in [0.15, 0.2) is 6.07 Å². The third-order valence-electron chi connectivity index (χ3n) is 1.85. The standard InChI is InChI=1S/C9H11F2NO3/c1-14-6-3-7(15-2)8(9(10)11)12-5(6)4-13/h3,9,13H,4H2,1-2H3. The van der Waals surface area contributed by atoms with Gasteiger partial charge >= 0.3 is 0 Å².